The zero-order chi connectivity index (χ0) is 22.0. The van der Waals surface area contributed by atoms with E-state index < -0.39 is 0 Å². The molecule has 3 aliphatic heterocycles. The molecular formula is C26H31ClN4O. The van der Waals surface area contributed by atoms with Gasteiger partial charge in [0.05, 0.1) is 23.5 Å². The van der Waals surface area contributed by atoms with E-state index in [1.54, 1.807) is 6.20 Å². The molecule has 0 bridgehead atoms. The first-order valence-corrected chi connectivity index (χ1v) is 12.0. The number of anilines is 1. The maximum absolute atomic E-state index is 6.24. The topological polar surface area (TPSA) is 31.8 Å². The molecule has 0 N–H and O–H groups in total. The lowest BCUT2D eigenvalue weighted by molar-refractivity contribution is -0.158. The van der Waals surface area contributed by atoms with E-state index in [1.807, 2.05) is 6.07 Å². The number of piperidine rings is 1. The summed E-state index contributed by atoms with van der Waals surface area (Å²) in [5.41, 5.74) is 4.51. The van der Waals surface area contributed by atoms with E-state index in [0.717, 1.165) is 82.1 Å². The highest BCUT2D eigenvalue weighted by molar-refractivity contribution is 6.29. The Bertz CT molecular complexity index is 991. The molecule has 3 saturated heterocycles. The Morgan fingerprint density at radius 3 is 2.38 bits per heavy atom. The fraction of sp³-hybridized carbons (Fsp3) is 0.500. The second kappa shape index (κ2) is 9.41. The lowest BCUT2D eigenvalue weighted by Crippen LogP contribution is -2.52. The highest BCUT2D eigenvalue weighted by atomic mass is 35.5. The zero-order valence-electron chi connectivity index (χ0n) is 18.8. The summed E-state index contributed by atoms with van der Waals surface area (Å²) in [6.07, 6.45) is 5.12. The highest BCUT2D eigenvalue weighted by Gasteiger charge is 2.41. The summed E-state index contributed by atoms with van der Waals surface area (Å²) in [5, 5.41) is 0.513. The van der Waals surface area contributed by atoms with Gasteiger partial charge in [-0.3, -0.25) is 4.90 Å². The molecule has 32 heavy (non-hydrogen) atoms. The van der Waals surface area contributed by atoms with Crippen LogP contribution in [0.15, 0.2) is 36.5 Å². The van der Waals surface area contributed by atoms with Crippen molar-refractivity contribution in [3.8, 4) is 11.8 Å². The number of halogens is 1. The van der Waals surface area contributed by atoms with Crippen molar-refractivity contribution in [1.29, 1.82) is 0 Å². The number of pyridine rings is 1. The van der Waals surface area contributed by atoms with Gasteiger partial charge in [0.1, 0.15) is 5.15 Å². The van der Waals surface area contributed by atoms with Crippen LogP contribution < -0.4 is 4.90 Å². The van der Waals surface area contributed by atoms with Crippen molar-refractivity contribution in [3.05, 3.63) is 58.4 Å². The Balaban J connectivity index is 1.26. The molecule has 2 aromatic rings. The first-order chi connectivity index (χ1) is 15.6. The summed E-state index contributed by atoms with van der Waals surface area (Å²) in [7, 11) is 2.19. The second-order valence-electron chi connectivity index (χ2n) is 9.32. The maximum Gasteiger partial charge on any atom is 0.131 e. The standard InChI is InChI=1S/C26H31ClN4O/c1-29-13-15-30(16-14-29)20-22-4-2-21(3-5-22)6-7-23-19-28-25(27)18-24(23)31-11-8-26(9-12-31)10-17-32-26/h2-5,18-19H,8-17,20H2,1H3. The van der Waals surface area contributed by atoms with Crippen LogP contribution in [0.4, 0.5) is 5.69 Å². The zero-order valence-corrected chi connectivity index (χ0v) is 19.6. The Kier molecular flexibility index (Phi) is 6.39. The molecule has 5 rings (SSSR count). The average Bonchev–Trinajstić information content (AvgIpc) is 2.80. The van der Waals surface area contributed by atoms with Gasteiger partial charge in [0.2, 0.25) is 0 Å². The van der Waals surface area contributed by atoms with Crippen LogP contribution in [-0.2, 0) is 11.3 Å². The molecule has 5 nitrogen and oxygen atoms in total. The van der Waals surface area contributed by atoms with Crippen molar-refractivity contribution in [2.75, 3.05) is 57.8 Å². The molecule has 1 aromatic carbocycles. The van der Waals surface area contributed by atoms with Crippen molar-refractivity contribution in [2.45, 2.75) is 31.4 Å². The number of likely N-dealkylation sites (N-methyl/N-ethyl adjacent to an activating group) is 1. The number of piperazine rings is 1. The van der Waals surface area contributed by atoms with Gasteiger partial charge in [-0.2, -0.15) is 0 Å². The Morgan fingerprint density at radius 1 is 1.00 bits per heavy atom. The van der Waals surface area contributed by atoms with Gasteiger partial charge < -0.3 is 14.5 Å². The summed E-state index contributed by atoms with van der Waals surface area (Å²) in [6, 6.07) is 10.6. The van der Waals surface area contributed by atoms with Crippen LogP contribution in [0.25, 0.3) is 0 Å². The molecule has 168 valence electrons. The van der Waals surface area contributed by atoms with E-state index in [-0.39, 0.29) is 5.60 Å². The fourth-order valence-electron chi connectivity index (χ4n) is 4.82. The minimum Gasteiger partial charge on any atom is -0.375 e. The summed E-state index contributed by atoms with van der Waals surface area (Å²) < 4.78 is 5.87. The van der Waals surface area contributed by atoms with Crippen molar-refractivity contribution in [3.63, 3.8) is 0 Å². The average molecular weight is 451 g/mol. The predicted octanol–water partition coefficient (Wildman–Crippen LogP) is 3.64. The van der Waals surface area contributed by atoms with Crippen LogP contribution >= 0.6 is 11.6 Å². The largest absolute Gasteiger partial charge is 0.375 e. The molecule has 0 amide bonds. The minimum absolute atomic E-state index is 0.130. The summed E-state index contributed by atoms with van der Waals surface area (Å²) in [4.78, 5) is 11.6. The maximum atomic E-state index is 6.24. The van der Waals surface area contributed by atoms with Crippen LogP contribution in [-0.4, -0.2) is 73.3 Å². The molecular weight excluding hydrogens is 420 g/mol. The van der Waals surface area contributed by atoms with Gasteiger partial charge in [-0.1, -0.05) is 35.6 Å². The molecule has 1 spiro atoms. The summed E-state index contributed by atoms with van der Waals surface area (Å²) in [6.45, 7) is 8.41. The van der Waals surface area contributed by atoms with E-state index in [0.29, 0.717) is 5.15 Å². The van der Waals surface area contributed by atoms with Gasteiger partial charge in [0, 0.05) is 63.6 Å². The number of ether oxygens (including phenoxy) is 1. The molecule has 0 atom stereocenters. The van der Waals surface area contributed by atoms with Gasteiger partial charge in [0.15, 0.2) is 0 Å². The molecule has 6 heteroatoms. The van der Waals surface area contributed by atoms with Crippen LogP contribution in [0.3, 0.4) is 0 Å². The van der Waals surface area contributed by atoms with Crippen molar-refractivity contribution >= 4 is 17.3 Å². The predicted molar refractivity (Wildman–Crippen MR) is 129 cm³/mol. The molecule has 0 radical (unpaired) electrons. The van der Waals surface area contributed by atoms with Crippen molar-refractivity contribution < 1.29 is 4.74 Å². The number of hydrogen-bond acceptors (Lipinski definition) is 5. The van der Waals surface area contributed by atoms with E-state index in [2.05, 4.69) is 62.8 Å². The highest BCUT2D eigenvalue weighted by Crippen LogP contribution is 2.38. The molecule has 3 aliphatic rings. The van der Waals surface area contributed by atoms with Crippen LogP contribution in [0.5, 0.6) is 0 Å². The number of rotatable bonds is 3. The van der Waals surface area contributed by atoms with E-state index in [9.17, 15) is 0 Å². The Hall–Kier alpha value is -2.10. The first kappa shape index (κ1) is 21.7. The number of hydrogen-bond donors (Lipinski definition) is 0. The third-order valence-electron chi connectivity index (χ3n) is 7.13. The van der Waals surface area contributed by atoms with Gasteiger partial charge in [-0.25, -0.2) is 4.98 Å². The molecule has 0 aliphatic carbocycles. The van der Waals surface area contributed by atoms with Gasteiger partial charge in [-0.05, 0) is 44.0 Å². The van der Waals surface area contributed by atoms with Gasteiger partial charge in [0.25, 0.3) is 0 Å². The minimum atomic E-state index is 0.130. The van der Waals surface area contributed by atoms with Crippen molar-refractivity contribution in [1.82, 2.24) is 14.8 Å². The van der Waals surface area contributed by atoms with Crippen LogP contribution in [0.2, 0.25) is 5.15 Å². The van der Waals surface area contributed by atoms with Gasteiger partial charge in [-0.15, -0.1) is 0 Å². The number of benzene rings is 1. The molecule has 1 aromatic heterocycles. The lowest BCUT2D eigenvalue weighted by Gasteiger charge is -2.48. The Morgan fingerprint density at radius 2 is 1.72 bits per heavy atom. The number of aromatic nitrogens is 1. The monoisotopic (exact) mass is 450 g/mol. The third kappa shape index (κ3) is 4.94. The summed E-state index contributed by atoms with van der Waals surface area (Å²) >= 11 is 6.24. The molecule has 4 heterocycles. The number of nitrogens with zero attached hydrogens (tertiary/aromatic N) is 4. The van der Waals surface area contributed by atoms with E-state index in [1.165, 1.54) is 12.0 Å². The smallest absolute Gasteiger partial charge is 0.131 e. The first-order valence-electron chi connectivity index (χ1n) is 11.6. The quantitative estimate of drug-likeness (QED) is 0.526. The molecule has 3 fully saturated rings. The van der Waals surface area contributed by atoms with E-state index in [4.69, 9.17) is 16.3 Å². The summed E-state index contributed by atoms with van der Waals surface area (Å²) in [5.74, 6) is 6.68. The van der Waals surface area contributed by atoms with Crippen LogP contribution in [0.1, 0.15) is 36.0 Å². The van der Waals surface area contributed by atoms with Crippen LogP contribution in [0, 0.1) is 11.8 Å². The van der Waals surface area contributed by atoms with E-state index >= 15 is 0 Å². The molecule has 0 saturated carbocycles. The third-order valence-corrected chi connectivity index (χ3v) is 7.33. The van der Waals surface area contributed by atoms with Gasteiger partial charge >= 0.3 is 0 Å². The SMILES string of the molecule is CN1CCN(Cc2ccc(C#Cc3cnc(Cl)cc3N3CCC4(CCO4)CC3)cc2)CC1. The fourth-order valence-corrected chi connectivity index (χ4v) is 4.97. The molecule has 0 unspecified atom stereocenters. The van der Waals surface area contributed by atoms with Crippen molar-refractivity contribution in [2.24, 2.45) is 0 Å². The normalized spacial score (nSPS) is 21.1. The Labute approximate surface area is 196 Å². The second-order valence-corrected chi connectivity index (χ2v) is 9.71. The lowest BCUT2D eigenvalue weighted by atomic mass is 9.84.